The highest BCUT2D eigenvalue weighted by Crippen LogP contribution is 2.67. The lowest BCUT2D eigenvalue weighted by Gasteiger charge is -2.62. The summed E-state index contributed by atoms with van der Waals surface area (Å²) in [5, 5.41) is 0. The van der Waals surface area contributed by atoms with Crippen molar-refractivity contribution in [1.29, 1.82) is 0 Å². The molecule has 3 saturated carbocycles. The summed E-state index contributed by atoms with van der Waals surface area (Å²) in [7, 11) is 0. The first kappa shape index (κ1) is 15.9. The summed E-state index contributed by atoms with van der Waals surface area (Å²) in [6.45, 7) is 9.14. The maximum Gasteiger partial charge on any atom is 0.0260 e. The van der Waals surface area contributed by atoms with Crippen LogP contribution in [0.3, 0.4) is 0 Å². The number of hydrogen-bond acceptors (Lipinski definition) is 1. The number of allylic oxidation sites excluding steroid dienone is 2. The molecular weight excluding hydrogens is 278 g/mol. The zero-order valence-electron chi connectivity index (χ0n) is 15.2. The van der Waals surface area contributed by atoms with Crippen LogP contribution in [0.5, 0.6) is 0 Å². The SMILES string of the molecule is C=CCC1CCC2C1(C)CCC1C3(C)CCCCC3=CCC12N. The smallest absolute Gasteiger partial charge is 0.0260 e. The fraction of sp³-hybridized carbons (Fsp3) is 0.818. The van der Waals surface area contributed by atoms with E-state index in [0.717, 1.165) is 24.2 Å². The molecule has 0 aromatic carbocycles. The van der Waals surface area contributed by atoms with Crippen LogP contribution < -0.4 is 5.73 Å². The third-order valence-corrected chi connectivity index (χ3v) is 8.85. The van der Waals surface area contributed by atoms with E-state index in [0.29, 0.717) is 10.8 Å². The summed E-state index contributed by atoms with van der Waals surface area (Å²) >= 11 is 0. The van der Waals surface area contributed by atoms with E-state index in [1.807, 2.05) is 0 Å². The number of fused-ring (bicyclic) bond motifs is 5. The molecule has 4 rings (SSSR count). The molecule has 1 heteroatoms. The van der Waals surface area contributed by atoms with Gasteiger partial charge in [0.1, 0.15) is 0 Å². The number of rotatable bonds is 2. The van der Waals surface area contributed by atoms with Crippen LogP contribution in [0.4, 0.5) is 0 Å². The standard InChI is InChI=1S/C22H35N/c1-4-7-16-9-10-18-21(16,3)14-12-19-20(2)13-6-5-8-17(20)11-15-22(18,19)23/h4,11,16,18-19H,1,5-10,12-15,23H2,2-3H3. The molecule has 0 aromatic rings. The second-order valence-corrected chi connectivity index (χ2v) is 9.62. The van der Waals surface area contributed by atoms with Gasteiger partial charge in [0.15, 0.2) is 0 Å². The second-order valence-electron chi connectivity index (χ2n) is 9.62. The minimum absolute atomic E-state index is 0.0541. The van der Waals surface area contributed by atoms with Crippen molar-refractivity contribution in [2.45, 2.75) is 83.6 Å². The third-order valence-electron chi connectivity index (χ3n) is 8.85. The molecule has 0 bridgehead atoms. The summed E-state index contributed by atoms with van der Waals surface area (Å²) in [4.78, 5) is 0. The van der Waals surface area contributed by atoms with Gasteiger partial charge in [0, 0.05) is 5.54 Å². The number of hydrogen-bond donors (Lipinski definition) is 1. The summed E-state index contributed by atoms with van der Waals surface area (Å²) in [5.41, 5.74) is 9.99. The van der Waals surface area contributed by atoms with E-state index in [9.17, 15) is 0 Å². The molecule has 0 radical (unpaired) electrons. The van der Waals surface area contributed by atoms with Crippen molar-refractivity contribution >= 4 is 0 Å². The van der Waals surface area contributed by atoms with Crippen molar-refractivity contribution in [2.75, 3.05) is 0 Å². The van der Waals surface area contributed by atoms with Gasteiger partial charge in [0.25, 0.3) is 0 Å². The van der Waals surface area contributed by atoms with Gasteiger partial charge in [-0.3, -0.25) is 0 Å². The molecule has 3 fully saturated rings. The summed E-state index contributed by atoms with van der Waals surface area (Å²) < 4.78 is 0. The summed E-state index contributed by atoms with van der Waals surface area (Å²) in [5.74, 6) is 2.25. The molecule has 6 unspecified atom stereocenters. The maximum atomic E-state index is 7.31. The molecule has 0 amide bonds. The van der Waals surface area contributed by atoms with Crippen LogP contribution in [-0.2, 0) is 0 Å². The lowest BCUT2D eigenvalue weighted by Crippen LogP contribution is -2.65. The average molecular weight is 314 g/mol. The monoisotopic (exact) mass is 313 g/mol. The summed E-state index contributed by atoms with van der Waals surface area (Å²) in [6, 6.07) is 0. The van der Waals surface area contributed by atoms with E-state index >= 15 is 0 Å². The first-order chi connectivity index (χ1) is 10.9. The zero-order chi connectivity index (χ0) is 16.3. The molecule has 1 nitrogen and oxygen atoms in total. The average Bonchev–Trinajstić information content (AvgIpc) is 2.85. The van der Waals surface area contributed by atoms with Gasteiger partial charge in [-0.15, -0.1) is 6.58 Å². The molecule has 4 aliphatic carbocycles. The Bertz CT molecular complexity index is 534. The van der Waals surface area contributed by atoms with E-state index in [4.69, 9.17) is 5.73 Å². The van der Waals surface area contributed by atoms with E-state index in [-0.39, 0.29) is 5.54 Å². The Labute approximate surface area is 142 Å². The number of nitrogens with two attached hydrogens (primary N) is 1. The topological polar surface area (TPSA) is 26.0 Å². The molecule has 4 aliphatic rings. The van der Waals surface area contributed by atoms with Gasteiger partial charge < -0.3 is 5.73 Å². The summed E-state index contributed by atoms with van der Waals surface area (Å²) in [6.07, 6.45) is 18.0. The Balaban J connectivity index is 1.72. The first-order valence-corrected chi connectivity index (χ1v) is 10.0. The fourth-order valence-electron chi connectivity index (χ4n) is 7.61. The molecule has 2 N–H and O–H groups in total. The van der Waals surface area contributed by atoms with Crippen molar-refractivity contribution in [3.8, 4) is 0 Å². The van der Waals surface area contributed by atoms with Gasteiger partial charge in [0.2, 0.25) is 0 Å². The molecule has 128 valence electrons. The predicted octanol–water partition coefficient (Wildman–Crippen LogP) is 5.61. The van der Waals surface area contributed by atoms with Crippen LogP contribution >= 0.6 is 0 Å². The minimum atomic E-state index is 0.0541. The van der Waals surface area contributed by atoms with Crippen molar-refractivity contribution in [3.05, 3.63) is 24.3 Å². The quantitative estimate of drug-likeness (QED) is 0.658. The van der Waals surface area contributed by atoms with Crippen molar-refractivity contribution < 1.29 is 0 Å². The molecule has 6 atom stereocenters. The molecular formula is C22H35N. The van der Waals surface area contributed by atoms with Gasteiger partial charge in [-0.05, 0) is 86.4 Å². The highest BCUT2D eigenvalue weighted by atomic mass is 14.9. The van der Waals surface area contributed by atoms with Crippen LogP contribution in [-0.4, -0.2) is 5.54 Å². The van der Waals surface area contributed by atoms with Crippen molar-refractivity contribution in [2.24, 2.45) is 34.3 Å². The van der Waals surface area contributed by atoms with Crippen LogP contribution in [0, 0.1) is 28.6 Å². The van der Waals surface area contributed by atoms with Crippen LogP contribution in [0.25, 0.3) is 0 Å². The van der Waals surface area contributed by atoms with E-state index in [1.165, 1.54) is 57.8 Å². The predicted molar refractivity (Wildman–Crippen MR) is 98.1 cm³/mol. The van der Waals surface area contributed by atoms with Gasteiger partial charge in [-0.25, -0.2) is 0 Å². The third kappa shape index (κ3) is 2.01. The zero-order valence-corrected chi connectivity index (χ0v) is 15.2. The second kappa shape index (κ2) is 5.22. The molecule has 0 heterocycles. The molecule has 0 aromatic heterocycles. The fourth-order valence-corrected chi connectivity index (χ4v) is 7.61. The highest BCUT2D eigenvalue weighted by molar-refractivity contribution is 5.29. The Morgan fingerprint density at radius 1 is 1.17 bits per heavy atom. The molecule has 23 heavy (non-hydrogen) atoms. The largest absolute Gasteiger partial charge is 0.324 e. The maximum absolute atomic E-state index is 7.31. The Morgan fingerprint density at radius 2 is 2.00 bits per heavy atom. The lowest BCUT2D eigenvalue weighted by molar-refractivity contribution is -0.0597. The molecule has 0 saturated heterocycles. The lowest BCUT2D eigenvalue weighted by atomic mass is 9.44. The van der Waals surface area contributed by atoms with Gasteiger partial charge in [-0.2, -0.15) is 0 Å². The van der Waals surface area contributed by atoms with Crippen molar-refractivity contribution in [3.63, 3.8) is 0 Å². The normalized spacial score (nSPS) is 52.1. The minimum Gasteiger partial charge on any atom is -0.324 e. The Hall–Kier alpha value is -0.560. The van der Waals surface area contributed by atoms with Crippen LogP contribution in [0.1, 0.15) is 78.1 Å². The van der Waals surface area contributed by atoms with Gasteiger partial charge >= 0.3 is 0 Å². The van der Waals surface area contributed by atoms with Gasteiger partial charge in [0.05, 0.1) is 0 Å². The molecule has 0 aliphatic heterocycles. The van der Waals surface area contributed by atoms with E-state index in [1.54, 1.807) is 5.57 Å². The highest BCUT2D eigenvalue weighted by Gasteiger charge is 2.63. The van der Waals surface area contributed by atoms with Crippen LogP contribution in [0.2, 0.25) is 0 Å². The van der Waals surface area contributed by atoms with E-state index < -0.39 is 0 Å². The van der Waals surface area contributed by atoms with Gasteiger partial charge in [-0.1, -0.05) is 38.0 Å². The Morgan fingerprint density at radius 3 is 2.78 bits per heavy atom. The van der Waals surface area contributed by atoms with Crippen LogP contribution in [0.15, 0.2) is 24.3 Å². The van der Waals surface area contributed by atoms with Crippen molar-refractivity contribution in [1.82, 2.24) is 0 Å². The molecule has 0 spiro atoms. The Kier molecular flexibility index (Phi) is 3.61. The van der Waals surface area contributed by atoms with E-state index in [2.05, 4.69) is 32.6 Å². The first-order valence-electron chi connectivity index (χ1n) is 10.0.